The van der Waals surface area contributed by atoms with E-state index in [0.29, 0.717) is 22.6 Å². The molecule has 0 saturated carbocycles. The Balaban J connectivity index is 2.19. The third kappa shape index (κ3) is 4.66. The highest BCUT2D eigenvalue weighted by molar-refractivity contribution is 5.75. The lowest BCUT2D eigenvalue weighted by atomic mass is 9.84. The molecule has 8 nitrogen and oxygen atoms in total. The van der Waals surface area contributed by atoms with Gasteiger partial charge in [0.15, 0.2) is 0 Å². The van der Waals surface area contributed by atoms with Gasteiger partial charge in [-0.1, -0.05) is 32.9 Å². The SMILES string of the molecule is COc1c(/C=C/c2ccc([N+](=O)[O-])cc2)cc(-n2cc(F)c(=O)[nH]c2=O)cc1C(C)(C)C. The molecule has 9 heteroatoms. The maximum Gasteiger partial charge on any atom is 0.333 e. The minimum Gasteiger partial charge on any atom is -0.496 e. The van der Waals surface area contributed by atoms with Crippen LogP contribution in [-0.2, 0) is 5.41 Å². The van der Waals surface area contributed by atoms with Crippen LogP contribution < -0.4 is 16.0 Å². The molecule has 3 aromatic rings. The van der Waals surface area contributed by atoms with Gasteiger partial charge in [-0.2, -0.15) is 4.39 Å². The highest BCUT2D eigenvalue weighted by Crippen LogP contribution is 2.37. The number of aromatic nitrogens is 2. The molecule has 0 aliphatic heterocycles. The lowest BCUT2D eigenvalue weighted by Gasteiger charge is -2.25. The lowest BCUT2D eigenvalue weighted by molar-refractivity contribution is -0.384. The molecule has 0 aliphatic rings. The third-order valence-corrected chi connectivity index (χ3v) is 4.85. The first-order valence-corrected chi connectivity index (χ1v) is 9.68. The Labute approximate surface area is 182 Å². The number of nitro benzene ring substituents is 1. The van der Waals surface area contributed by atoms with Crippen molar-refractivity contribution in [1.82, 2.24) is 9.55 Å². The Hall–Kier alpha value is -4.01. The molecule has 1 heterocycles. The maximum atomic E-state index is 13.9. The zero-order valence-corrected chi connectivity index (χ0v) is 18.0. The number of hydrogen-bond acceptors (Lipinski definition) is 5. The van der Waals surface area contributed by atoms with Gasteiger partial charge in [-0.3, -0.25) is 24.5 Å². The van der Waals surface area contributed by atoms with E-state index in [1.807, 2.05) is 25.8 Å². The van der Waals surface area contributed by atoms with Gasteiger partial charge in [-0.15, -0.1) is 0 Å². The van der Waals surface area contributed by atoms with Crippen LogP contribution in [0.15, 0.2) is 52.2 Å². The first kappa shape index (κ1) is 22.7. The van der Waals surface area contributed by atoms with Crippen molar-refractivity contribution >= 4 is 17.8 Å². The Morgan fingerprint density at radius 3 is 2.34 bits per heavy atom. The van der Waals surface area contributed by atoms with E-state index in [4.69, 9.17) is 4.74 Å². The predicted octanol–water partition coefficient (Wildman–Crippen LogP) is 4.05. The Kier molecular flexibility index (Phi) is 6.11. The molecule has 1 aromatic heterocycles. The van der Waals surface area contributed by atoms with Crippen molar-refractivity contribution in [2.45, 2.75) is 26.2 Å². The van der Waals surface area contributed by atoms with E-state index in [2.05, 4.69) is 0 Å². The summed E-state index contributed by atoms with van der Waals surface area (Å²) in [6, 6.07) is 9.36. The molecule has 0 radical (unpaired) electrons. The van der Waals surface area contributed by atoms with Crippen LogP contribution in [0, 0.1) is 15.9 Å². The lowest BCUT2D eigenvalue weighted by Crippen LogP contribution is -2.30. The van der Waals surface area contributed by atoms with Gasteiger partial charge in [0.05, 0.1) is 23.9 Å². The van der Waals surface area contributed by atoms with E-state index in [1.165, 1.54) is 19.2 Å². The number of halogens is 1. The molecule has 166 valence electrons. The number of aromatic amines is 1. The Morgan fingerprint density at radius 2 is 1.78 bits per heavy atom. The summed E-state index contributed by atoms with van der Waals surface area (Å²) in [5, 5.41) is 10.8. The number of benzene rings is 2. The van der Waals surface area contributed by atoms with Crippen LogP contribution in [0.5, 0.6) is 5.75 Å². The van der Waals surface area contributed by atoms with Crippen molar-refractivity contribution in [1.29, 1.82) is 0 Å². The number of ether oxygens (including phenoxy) is 1. The predicted molar refractivity (Wildman–Crippen MR) is 120 cm³/mol. The largest absolute Gasteiger partial charge is 0.496 e. The first-order valence-electron chi connectivity index (χ1n) is 9.68. The van der Waals surface area contributed by atoms with Crippen molar-refractivity contribution in [3.05, 3.63) is 96.1 Å². The topological polar surface area (TPSA) is 107 Å². The fourth-order valence-electron chi connectivity index (χ4n) is 3.22. The van der Waals surface area contributed by atoms with Gasteiger partial charge in [0.1, 0.15) is 5.75 Å². The smallest absolute Gasteiger partial charge is 0.333 e. The molecular formula is C23H22FN3O5. The van der Waals surface area contributed by atoms with Crippen LogP contribution in [0.4, 0.5) is 10.1 Å². The van der Waals surface area contributed by atoms with Crippen LogP contribution in [0.2, 0.25) is 0 Å². The molecule has 0 bridgehead atoms. The average Bonchev–Trinajstić information content (AvgIpc) is 2.73. The van der Waals surface area contributed by atoms with Gasteiger partial charge in [0.2, 0.25) is 5.82 Å². The molecule has 0 atom stereocenters. The molecule has 0 spiro atoms. The minimum atomic E-state index is -1.09. The van der Waals surface area contributed by atoms with E-state index >= 15 is 0 Å². The summed E-state index contributed by atoms with van der Waals surface area (Å²) in [5.74, 6) is -0.516. The third-order valence-electron chi connectivity index (χ3n) is 4.85. The quantitative estimate of drug-likeness (QED) is 0.367. The van der Waals surface area contributed by atoms with Crippen LogP contribution in [0.3, 0.4) is 0 Å². The van der Waals surface area contributed by atoms with E-state index in [-0.39, 0.29) is 11.1 Å². The van der Waals surface area contributed by atoms with Gasteiger partial charge in [-0.25, -0.2) is 4.79 Å². The van der Waals surface area contributed by atoms with Gasteiger partial charge < -0.3 is 4.74 Å². The highest BCUT2D eigenvalue weighted by atomic mass is 19.1. The number of non-ortho nitro benzene ring substituents is 1. The van der Waals surface area contributed by atoms with Crippen LogP contribution in [0.25, 0.3) is 17.8 Å². The number of rotatable bonds is 5. The second kappa shape index (κ2) is 8.62. The summed E-state index contributed by atoms with van der Waals surface area (Å²) >= 11 is 0. The maximum absolute atomic E-state index is 13.9. The van der Waals surface area contributed by atoms with Crippen molar-refractivity contribution in [3.63, 3.8) is 0 Å². The summed E-state index contributed by atoms with van der Waals surface area (Å²) in [6.07, 6.45) is 4.33. The van der Waals surface area contributed by atoms with Crippen LogP contribution in [-0.4, -0.2) is 21.6 Å². The first-order chi connectivity index (χ1) is 15.0. The summed E-state index contributed by atoms with van der Waals surface area (Å²) in [4.78, 5) is 36.1. The number of nitro groups is 1. The number of H-pyrrole nitrogens is 1. The summed E-state index contributed by atoms with van der Waals surface area (Å²) in [5.41, 5.74) is 0.164. The van der Waals surface area contributed by atoms with Gasteiger partial charge in [0.25, 0.3) is 11.2 Å². The zero-order valence-electron chi connectivity index (χ0n) is 18.0. The van der Waals surface area contributed by atoms with Crippen LogP contribution in [0.1, 0.15) is 37.5 Å². The van der Waals surface area contributed by atoms with Gasteiger partial charge in [0, 0.05) is 23.3 Å². The number of nitrogens with one attached hydrogen (secondary N) is 1. The Morgan fingerprint density at radius 1 is 1.12 bits per heavy atom. The summed E-state index contributed by atoms with van der Waals surface area (Å²) in [6.45, 7) is 5.90. The van der Waals surface area contributed by atoms with E-state index in [0.717, 1.165) is 16.3 Å². The molecule has 1 N–H and O–H groups in total. The molecule has 0 amide bonds. The van der Waals surface area contributed by atoms with Crippen molar-refractivity contribution in [3.8, 4) is 11.4 Å². The summed E-state index contributed by atoms with van der Waals surface area (Å²) < 4.78 is 20.6. The Bertz CT molecular complexity index is 1320. The molecular weight excluding hydrogens is 417 g/mol. The molecule has 32 heavy (non-hydrogen) atoms. The molecule has 0 unspecified atom stereocenters. The van der Waals surface area contributed by atoms with Gasteiger partial charge >= 0.3 is 5.69 Å². The van der Waals surface area contributed by atoms with Crippen molar-refractivity contribution in [2.75, 3.05) is 7.11 Å². The van der Waals surface area contributed by atoms with E-state index in [1.54, 1.807) is 36.4 Å². The van der Waals surface area contributed by atoms with Crippen molar-refractivity contribution in [2.24, 2.45) is 0 Å². The normalized spacial score (nSPS) is 11.7. The fraction of sp³-hybridized carbons (Fsp3) is 0.217. The van der Waals surface area contributed by atoms with Crippen molar-refractivity contribution < 1.29 is 14.1 Å². The highest BCUT2D eigenvalue weighted by Gasteiger charge is 2.23. The number of hydrogen-bond donors (Lipinski definition) is 1. The number of nitrogens with zero attached hydrogens (tertiary/aromatic N) is 2. The zero-order chi connectivity index (χ0) is 23.6. The molecule has 0 fully saturated rings. The molecule has 0 aliphatic carbocycles. The average molecular weight is 439 g/mol. The van der Waals surface area contributed by atoms with Crippen LogP contribution >= 0.6 is 0 Å². The number of methoxy groups -OCH3 is 1. The standard InChI is InChI=1S/C23H22FN3O5/c1-23(2,3)18-12-17(26-13-19(24)21(28)25-22(26)29)11-15(20(18)32-4)8-5-14-6-9-16(10-7-14)27(30)31/h5-13H,1-4H3,(H,25,28,29)/b8-5+. The monoisotopic (exact) mass is 439 g/mol. The molecule has 2 aromatic carbocycles. The van der Waals surface area contributed by atoms with Gasteiger partial charge in [-0.05, 0) is 35.2 Å². The second-order valence-electron chi connectivity index (χ2n) is 8.15. The minimum absolute atomic E-state index is 0.0174. The van der Waals surface area contributed by atoms with E-state index in [9.17, 15) is 24.1 Å². The van der Waals surface area contributed by atoms with E-state index < -0.39 is 22.0 Å². The molecule has 3 rings (SSSR count). The summed E-state index contributed by atoms with van der Waals surface area (Å²) in [7, 11) is 1.53. The fourth-order valence-corrected chi connectivity index (χ4v) is 3.22. The second-order valence-corrected chi connectivity index (χ2v) is 8.15. The molecule has 0 saturated heterocycles.